The van der Waals surface area contributed by atoms with Crippen molar-refractivity contribution in [3.05, 3.63) is 52.2 Å². The molecule has 1 saturated heterocycles. The molecule has 1 aromatic heterocycles. The van der Waals surface area contributed by atoms with Gasteiger partial charge in [0.1, 0.15) is 5.82 Å². The van der Waals surface area contributed by atoms with Crippen molar-refractivity contribution < 1.29 is 4.39 Å². The number of rotatable bonds is 5. The fraction of sp³-hybridized carbons (Fsp3) is 0.471. The summed E-state index contributed by atoms with van der Waals surface area (Å²) >= 11 is 1.76. The molecule has 0 aliphatic carbocycles. The maximum atomic E-state index is 12.9. The zero-order valence-electron chi connectivity index (χ0n) is 12.2. The van der Waals surface area contributed by atoms with E-state index in [0.717, 1.165) is 19.4 Å². The van der Waals surface area contributed by atoms with Crippen molar-refractivity contribution in [3.8, 4) is 0 Å². The summed E-state index contributed by atoms with van der Waals surface area (Å²) in [5, 5.41) is 3.30. The summed E-state index contributed by atoms with van der Waals surface area (Å²) in [5.41, 5.74) is 1.22. The number of nitrogens with zero attached hydrogens (tertiary/aromatic N) is 2. The van der Waals surface area contributed by atoms with E-state index >= 15 is 0 Å². The molecule has 0 spiro atoms. The molecule has 0 saturated carbocycles. The van der Waals surface area contributed by atoms with Gasteiger partial charge in [0.2, 0.25) is 0 Å². The molecule has 0 amide bonds. The molecule has 1 aliphatic rings. The summed E-state index contributed by atoms with van der Waals surface area (Å²) in [6.07, 6.45) is 7.84. The standard InChI is InChI=1S/C17H21FN2S/c18-15-6-4-14(5-7-15)8-11-20-10-2-1-3-16(20)13-17-19-9-12-21-17/h4-7,9,12,16H,1-3,8,10-11,13H2. The van der Waals surface area contributed by atoms with Gasteiger partial charge in [-0.15, -0.1) is 11.3 Å². The number of benzene rings is 1. The molecule has 0 N–H and O–H groups in total. The Morgan fingerprint density at radius 2 is 2.10 bits per heavy atom. The lowest BCUT2D eigenvalue weighted by Crippen LogP contribution is -2.42. The van der Waals surface area contributed by atoms with Crippen LogP contribution in [0.25, 0.3) is 0 Å². The Morgan fingerprint density at radius 1 is 1.24 bits per heavy atom. The van der Waals surface area contributed by atoms with Crippen molar-refractivity contribution in [2.24, 2.45) is 0 Å². The molecule has 112 valence electrons. The molecule has 4 heteroatoms. The van der Waals surface area contributed by atoms with Gasteiger partial charge in [-0.2, -0.15) is 0 Å². The Bertz CT molecular complexity index is 538. The molecule has 2 nitrogen and oxygen atoms in total. The lowest BCUT2D eigenvalue weighted by atomic mass is 9.98. The molecular weight excluding hydrogens is 283 g/mol. The van der Waals surface area contributed by atoms with Gasteiger partial charge in [-0.1, -0.05) is 18.6 Å². The van der Waals surface area contributed by atoms with Crippen molar-refractivity contribution in [3.63, 3.8) is 0 Å². The number of piperidine rings is 1. The lowest BCUT2D eigenvalue weighted by Gasteiger charge is -2.35. The largest absolute Gasteiger partial charge is 0.300 e. The summed E-state index contributed by atoms with van der Waals surface area (Å²) < 4.78 is 12.9. The van der Waals surface area contributed by atoms with Gasteiger partial charge in [0, 0.05) is 30.6 Å². The molecule has 1 atom stereocenters. The van der Waals surface area contributed by atoms with Crippen LogP contribution in [-0.2, 0) is 12.8 Å². The number of aromatic nitrogens is 1. The van der Waals surface area contributed by atoms with Gasteiger partial charge >= 0.3 is 0 Å². The molecule has 0 radical (unpaired) electrons. The minimum absolute atomic E-state index is 0.154. The molecule has 1 aromatic carbocycles. The van der Waals surface area contributed by atoms with Crippen LogP contribution in [0.3, 0.4) is 0 Å². The van der Waals surface area contributed by atoms with Crippen molar-refractivity contribution in [1.29, 1.82) is 0 Å². The second kappa shape index (κ2) is 7.14. The third-order valence-electron chi connectivity index (χ3n) is 4.24. The predicted octanol–water partition coefficient (Wildman–Crippen LogP) is 3.92. The normalized spacial score (nSPS) is 19.8. The molecule has 1 fully saturated rings. The first-order valence-corrected chi connectivity index (χ1v) is 8.56. The monoisotopic (exact) mass is 304 g/mol. The Morgan fingerprint density at radius 3 is 2.86 bits per heavy atom. The van der Waals surface area contributed by atoms with Crippen molar-refractivity contribution in [1.82, 2.24) is 9.88 Å². The number of halogens is 1. The third-order valence-corrected chi connectivity index (χ3v) is 5.05. The molecule has 1 aliphatic heterocycles. The van der Waals surface area contributed by atoms with E-state index in [1.54, 1.807) is 23.5 Å². The van der Waals surface area contributed by atoms with Gasteiger partial charge in [-0.3, -0.25) is 4.90 Å². The number of thiazole rings is 1. The first-order chi connectivity index (χ1) is 10.3. The van der Waals surface area contributed by atoms with E-state index in [1.165, 1.54) is 36.4 Å². The first-order valence-electron chi connectivity index (χ1n) is 7.68. The highest BCUT2D eigenvalue weighted by Crippen LogP contribution is 2.22. The second-order valence-corrected chi connectivity index (χ2v) is 6.67. The van der Waals surface area contributed by atoms with E-state index in [-0.39, 0.29) is 5.82 Å². The SMILES string of the molecule is Fc1ccc(CCN2CCCCC2Cc2nccs2)cc1. The fourth-order valence-corrected chi connectivity index (χ4v) is 3.75. The highest BCUT2D eigenvalue weighted by Gasteiger charge is 2.22. The van der Waals surface area contributed by atoms with Crippen LogP contribution in [0.2, 0.25) is 0 Å². The van der Waals surface area contributed by atoms with Gasteiger partial charge in [0.15, 0.2) is 0 Å². The van der Waals surface area contributed by atoms with Crippen LogP contribution in [0.4, 0.5) is 4.39 Å². The minimum atomic E-state index is -0.154. The van der Waals surface area contributed by atoms with E-state index < -0.39 is 0 Å². The Balaban J connectivity index is 1.57. The van der Waals surface area contributed by atoms with E-state index in [2.05, 4.69) is 15.3 Å². The van der Waals surface area contributed by atoms with Gasteiger partial charge in [-0.05, 0) is 43.5 Å². The van der Waals surface area contributed by atoms with Gasteiger partial charge in [0.25, 0.3) is 0 Å². The van der Waals surface area contributed by atoms with E-state index in [9.17, 15) is 4.39 Å². The maximum absolute atomic E-state index is 12.9. The van der Waals surface area contributed by atoms with Gasteiger partial charge in [0.05, 0.1) is 5.01 Å². The van der Waals surface area contributed by atoms with Crippen LogP contribution in [0.15, 0.2) is 35.8 Å². The fourth-order valence-electron chi connectivity index (χ4n) is 3.06. The zero-order chi connectivity index (χ0) is 14.5. The van der Waals surface area contributed by atoms with Crippen LogP contribution in [-0.4, -0.2) is 29.0 Å². The van der Waals surface area contributed by atoms with Gasteiger partial charge in [-0.25, -0.2) is 9.37 Å². The van der Waals surface area contributed by atoms with E-state index in [1.807, 2.05) is 18.3 Å². The highest BCUT2D eigenvalue weighted by molar-refractivity contribution is 7.09. The number of hydrogen-bond donors (Lipinski definition) is 0. The van der Waals surface area contributed by atoms with Crippen LogP contribution in [0.5, 0.6) is 0 Å². The predicted molar refractivity (Wildman–Crippen MR) is 85.1 cm³/mol. The van der Waals surface area contributed by atoms with Crippen LogP contribution >= 0.6 is 11.3 Å². The minimum Gasteiger partial charge on any atom is -0.300 e. The topological polar surface area (TPSA) is 16.1 Å². The lowest BCUT2D eigenvalue weighted by molar-refractivity contribution is 0.149. The quantitative estimate of drug-likeness (QED) is 0.832. The summed E-state index contributed by atoms with van der Waals surface area (Å²) in [5.74, 6) is -0.154. The highest BCUT2D eigenvalue weighted by atomic mass is 32.1. The Kier molecular flexibility index (Phi) is 4.99. The number of likely N-dealkylation sites (tertiary alicyclic amines) is 1. The molecule has 1 unspecified atom stereocenters. The van der Waals surface area contributed by atoms with E-state index in [4.69, 9.17) is 0 Å². The smallest absolute Gasteiger partial charge is 0.123 e. The number of hydrogen-bond acceptors (Lipinski definition) is 3. The Labute approximate surface area is 129 Å². The average Bonchev–Trinajstić information content (AvgIpc) is 3.01. The summed E-state index contributed by atoms with van der Waals surface area (Å²) in [4.78, 5) is 7.01. The summed E-state index contributed by atoms with van der Waals surface area (Å²) in [7, 11) is 0. The second-order valence-electron chi connectivity index (χ2n) is 5.69. The molecule has 2 aromatic rings. The van der Waals surface area contributed by atoms with Crippen molar-refractivity contribution in [2.45, 2.75) is 38.1 Å². The molecular formula is C17H21FN2S. The third kappa shape index (κ3) is 4.11. The molecule has 21 heavy (non-hydrogen) atoms. The Hall–Kier alpha value is -1.26. The summed E-state index contributed by atoms with van der Waals surface area (Å²) in [6.45, 7) is 2.24. The van der Waals surface area contributed by atoms with Crippen LogP contribution in [0, 0.1) is 5.82 Å². The average molecular weight is 304 g/mol. The van der Waals surface area contributed by atoms with Crippen LogP contribution in [0.1, 0.15) is 29.8 Å². The molecule has 3 rings (SSSR count). The zero-order valence-corrected chi connectivity index (χ0v) is 13.0. The van der Waals surface area contributed by atoms with Crippen LogP contribution < -0.4 is 0 Å². The van der Waals surface area contributed by atoms with Crippen molar-refractivity contribution >= 4 is 11.3 Å². The van der Waals surface area contributed by atoms with Crippen molar-refractivity contribution in [2.75, 3.05) is 13.1 Å². The molecule has 0 bridgehead atoms. The van der Waals surface area contributed by atoms with E-state index in [0.29, 0.717) is 6.04 Å². The summed E-state index contributed by atoms with van der Waals surface area (Å²) in [6, 6.07) is 7.52. The van der Waals surface area contributed by atoms with Gasteiger partial charge < -0.3 is 0 Å². The molecule has 2 heterocycles. The first kappa shape index (κ1) is 14.7. The maximum Gasteiger partial charge on any atom is 0.123 e.